The Hall–Kier alpha value is -0.610. The minimum atomic E-state index is -0.156. The number of piperidine rings is 2. The molecule has 2 atom stereocenters. The number of anilines is 1. The lowest BCUT2D eigenvalue weighted by molar-refractivity contribution is 0.246. The normalized spacial score (nSPS) is 28.7. The SMILES string of the molecule is CCCNC1CC2CCCC(C1)N2c1ccc(Br)c(F)c1. The molecule has 0 amide bonds. The number of rotatable bonds is 4. The monoisotopic (exact) mass is 354 g/mol. The van der Waals surface area contributed by atoms with Gasteiger partial charge >= 0.3 is 0 Å². The van der Waals surface area contributed by atoms with Crippen molar-refractivity contribution >= 4 is 21.6 Å². The summed E-state index contributed by atoms with van der Waals surface area (Å²) in [6.45, 7) is 3.32. The second-order valence-electron chi connectivity index (χ2n) is 6.37. The minimum absolute atomic E-state index is 0.156. The van der Waals surface area contributed by atoms with Crippen molar-refractivity contribution in [2.45, 2.75) is 63.6 Å². The van der Waals surface area contributed by atoms with Crippen molar-refractivity contribution in [1.82, 2.24) is 5.32 Å². The fraction of sp³-hybridized carbons (Fsp3) is 0.647. The van der Waals surface area contributed by atoms with Crippen LogP contribution in [0.4, 0.5) is 10.1 Å². The van der Waals surface area contributed by atoms with E-state index in [-0.39, 0.29) is 5.82 Å². The summed E-state index contributed by atoms with van der Waals surface area (Å²) >= 11 is 3.25. The maximum atomic E-state index is 13.9. The Bertz CT molecular complexity index is 480. The van der Waals surface area contributed by atoms with Gasteiger partial charge in [0.25, 0.3) is 0 Å². The Labute approximate surface area is 135 Å². The Kier molecular flexibility index (Phi) is 4.85. The molecule has 0 aliphatic carbocycles. The fourth-order valence-corrected chi connectivity index (χ4v) is 4.21. The first kappa shape index (κ1) is 15.3. The van der Waals surface area contributed by atoms with E-state index in [9.17, 15) is 4.39 Å². The zero-order valence-corrected chi connectivity index (χ0v) is 14.2. The highest BCUT2D eigenvalue weighted by Gasteiger charge is 2.38. The third-order valence-corrected chi connectivity index (χ3v) is 5.50. The third-order valence-electron chi connectivity index (χ3n) is 4.86. The van der Waals surface area contributed by atoms with Gasteiger partial charge in [-0.2, -0.15) is 0 Å². The maximum Gasteiger partial charge on any atom is 0.139 e. The molecule has 2 bridgehead atoms. The van der Waals surface area contributed by atoms with Gasteiger partial charge in [-0.05, 0) is 79.2 Å². The highest BCUT2D eigenvalue weighted by Crippen LogP contribution is 2.38. The molecule has 2 aliphatic heterocycles. The van der Waals surface area contributed by atoms with Gasteiger partial charge in [0.15, 0.2) is 0 Å². The quantitative estimate of drug-likeness (QED) is 0.857. The lowest BCUT2D eigenvalue weighted by Crippen LogP contribution is -2.56. The molecule has 3 rings (SSSR count). The lowest BCUT2D eigenvalue weighted by atomic mass is 9.81. The van der Waals surface area contributed by atoms with Gasteiger partial charge in [-0.25, -0.2) is 4.39 Å². The molecule has 0 saturated carbocycles. The van der Waals surface area contributed by atoms with E-state index in [4.69, 9.17) is 0 Å². The second kappa shape index (κ2) is 6.66. The van der Waals surface area contributed by atoms with Crippen LogP contribution in [0.1, 0.15) is 45.4 Å². The van der Waals surface area contributed by atoms with E-state index >= 15 is 0 Å². The molecule has 2 fully saturated rings. The minimum Gasteiger partial charge on any atom is -0.365 e. The summed E-state index contributed by atoms with van der Waals surface area (Å²) in [7, 11) is 0. The topological polar surface area (TPSA) is 15.3 Å². The largest absolute Gasteiger partial charge is 0.365 e. The van der Waals surface area contributed by atoms with E-state index < -0.39 is 0 Å². The summed E-state index contributed by atoms with van der Waals surface area (Å²) in [5.41, 5.74) is 1.05. The standard InChI is InChI=1S/C17H24BrFN2/c1-2-8-20-12-9-13-4-3-5-14(10-12)21(13)15-6-7-16(18)17(19)11-15/h6-7,11-14,20H,2-5,8-10H2,1H3. The van der Waals surface area contributed by atoms with E-state index in [0.717, 1.165) is 12.2 Å². The predicted molar refractivity (Wildman–Crippen MR) is 89.3 cm³/mol. The van der Waals surface area contributed by atoms with Gasteiger partial charge in [-0.3, -0.25) is 0 Å². The highest BCUT2D eigenvalue weighted by molar-refractivity contribution is 9.10. The lowest BCUT2D eigenvalue weighted by Gasteiger charge is -2.50. The van der Waals surface area contributed by atoms with Crippen molar-refractivity contribution in [2.24, 2.45) is 0 Å². The molecule has 0 spiro atoms. The van der Waals surface area contributed by atoms with Gasteiger partial charge in [0.05, 0.1) is 4.47 Å². The summed E-state index contributed by atoms with van der Waals surface area (Å²) < 4.78 is 14.4. The highest BCUT2D eigenvalue weighted by atomic mass is 79.9. The number of fused-ring (bicyclic) bond motifs is 2. The van der Waals surface area contributed by atoms with Gasteiger partial charge in [0, 0.05) is 23.8 Å². The molecule has 2 heterocycles. The molecule has 116 valence electrons. The van der Waals surface area contributed by atoms with Gasteiger partial charge < -0.3 is 10.2 Å². The maximum absolute atomic E-state index is 13.9. The van der Waals surface area contributed by atoms with E-state index in [2.05, 4.69) is 39.1 Å². The van der Waals surface area contributed by atoms with Gasteiger partial charge in [-0.1, -0.05) is 6.92 Å². The first-order valence-corrected chi connectivity index (χ1v) is 8.95. The zero-order valence-electron chi connectivity index (χ0n) is 12.6. The summed E-state index contributed by atoms with van der Waals surface area (Å²) in [6, 6.07) is 7.34. The number of hydrogen-bond donors (Lipinski definition) is 1. The summed E-state index contributed by atoms with van der Waals surface area (Å²) in [4.78, 5) is 2.49. The van der Waals surface area contributed by atoms with Crippen molar-refractivity contribution in [3.05, 3.63) is 28.5 Å². The van der Waals surface area contributed by atoms with E-state index in [1.54, 1.807) is 6.07 Å². The molecule has 1 N–H and O–H groups in total. The zero-order chi connectivity index (χ0) is 14.8. The van der Waals surface area contributed by atoms with Crippen LogP contribution in [-0.4, -0.2) is 24.7 Å². The smallest absolute Gasteiger partial charge is 0.139 e. The number of halogens is 2. The molecule has 1 aromatic carbocycles. The van der Waals surface area contributed by atoms with Crippen LogP contribution in [0.5, 0.6) is 0 Å². The molecular weight excluding hydrogens is 331 g/mol. The van der Waals surface area contributed by atoms with Crippen molar-refractivity contribution in [3.8, 4) is 0 Å². The number of benzene rings is 1. The van der Waals surface area contributed by atoms with Crippen LogP contribution in [0.3, 0.4) is 0 Å². The number of hydrogen-bond acceptors (Lipinski definition) is 2. The van der Waals surface area contributed by atoms with E-state index in [1.165, 1.54) is 38.5 Å². The predicted octanol–water partition coefficient (Wildman–Crippen LogP) is 4.48. The van der Waals surface area contributed by atoms with Crippen LogP contribution in [0, 0.1) is 5.82 Å². The van der Waals surface area contributed by atoms with Crippen molar-refractivity contribution in [2.75, 3.05) is 11.4 Å². The van der Waals surface area contributed by atoms with E-state index in [1.807, 2.05) is 6.07 Å². The van der Waals surface area contributed by atoms with Gasteiger partial charge in [0.2, 0.25) is 0 Å². The molecule has 2 saturated heterocycles. The third kappa shape index (κ3) is 3.26. The first-order valence-electron chi connectivity index (χ1n) is 8.15. The molecule has 2 nitrogen and oxygen atoms in total. The molecule has 2 aliphatic rings. The Morgan fingerprint density at radius 1 is 1.29 bits per heavy atom. The van der Waals surface area contributed by atoms with Crippen LogP contribution >= 0.6 is 15.9 Å². The molecule has 0 aromatic heterocycles. The fourth-order valence-electron chi connectivity index (χ4n) is 3.96. The molecule has 2 unspecified atom stereocenters. The van der Waals surface area contributed by atoms with Crippen LogP contribution in [-0.2, 0) is 0 Å². The van der Waals surface area contributed by atoms with Crippen LogP contribution < -0.4 is 10.2 Å². The molecular formula is C17H24BrFN2. The molecule has 21 heavy (non-hydrogen) atoms. The van der Waals surface area contributed by atoms with Crippen LogP contribution in [0.25, 0.3) is 0 Å². The first-order chi connectivity index (χ1) is 10.2. The molecule has 1 aromatic rings. The molecule has 0 radical (unpaired) electrons. The molecule has 4 heteroatoms. The Morgan fingerprint density at radius 2 is 2.00 bits per heavy atom. The van der Waals surface area contributed by atoms with Crippen molar-refractivity contribution in [3.63, 3.8) is 0 Å². The summed E-state index contributed by atoms with van der Waals surface area (Å²) in [5, 5.41) is 3.68. The Morgan fingerprint density at radius 3 is 2.62 bits per heavy atom. The van der Waals surface area contributed by atoms with Crippen molar-refractivity contribution < 1.29 is 4.39 Å². The van der Waals surface area contributed by atoms with Gasteiger partial charge in [-0.15, -0.1) is 0 Å². The van der Waals surface area contributed by atoms with E-state index in [0.29, 0.717) is 22.6 Å². The summed E-state index contributed by atoms with van der Waals surface area (Å²) in [5.74, 6) is -0.156. The Balaban J connectivity index is 1.78. The van der Waals surface area contributed by atoms with Crippen molar-refractivity contribution in [1.29, 1.82) is 0 Å². The average Bonchev–Trinajstić information content (AvgIpc) is 2.47. The number of nitrogens with one attached hydrogen (secondary N) is 1. The number of nitrogens with zero attached hydrogens (tertiary/aromatic N) is 1. The second-order valence-corrected chi connectivity index (χ2v) is 7.22. The van der Waals surface area contributed by atoms with Gasteiger partial charge in [0.1, 0.15) is 5.82 Å². The average molecular weight is 355 g/mol. The summed E-state index contributed by atoms with van der Waals surface area (Å²) in [6.07, 6.45) is 7.35. The van der Waals surface area contributed by atoms with Crippen LogP contribution in [0.2, 0.25) is 0 Å². The van der Waals surface area contributed by atoms with Crippen LogP contribution in [0.15, 0.2) is 22.7 Å².